The van der Waals surface area contributed by atoms with Gasteiger partial charge in [-0.3, -0.25) is 9.89 Å². The van der Waals surface area contributed by atoms with Crippen LogP contribution in [0, 0.1) is 0 Å². The summed E-state index contributed by atoms with van der Waals surface area (Å²) < 4.78 is 10.8. The number of hydrogen-bond donors (Lipinski definition) is 1. The molecule has 3 aromatic rings. The van der Waals surface area contributed by atoms with Crippen LogP contribution >= 0.6 is 0 Å². The van der Waals surface area contributed by atoms with E-state index in [1.807, 2.05) is 47.4 Å². The zero-order chi connectivity index (χ0) is 19.5. The Morgan fingerprint density at radius 3 is 2.64 bits per heavy atom. The molecule has 6 heteroatoms. The molecular formula is C22H23N3O3. The van der Waals surface area contributed by atoms with Crippen molar-refractivity contribution in [3.63, 3.8) is 0 Å². The number of H-pyrrole nitrogens is 1. The summed E-state index contributed by atoms with van der Waals surface area (Å²) in [7, 11) is 3.27. The van der Waals surface area contributed by atoms with E-state index < -0.39 is 0 Å². The SMILES string of the molecule is COc1ccc(C2CCCN2C(=O)c2ccc(-c3cn[nH]c3)c(OC)c2)cc1. The number of methoxy groups -OCH3 is 2. The van der Waals surface area contributed by atoms with Gasteiger partial charge in [0.1, 0.15) is 11.5 Å². The molecule has 144 valence electrons. The lowest BCUT2D eigenvalue weighted by Gasteiger charge is -2.25. The minimum absolute atomic E-state index is 0.0235. The standard InChI is InChI=1S/C22H23N3O3/c1-27-18-8-5-15(6-9-18)20-4-3-11-25(20)22(26)16-7-10-19(21(12-16)28-2)17-13-23-24-14-17/h5-10,12-14,20H,3-4,11H2,1-2H3,(H,23,24). The molecule has 1 saturated heterocycles. The maximum absolute atomic E-state index is 13.2. The first kappa shape index (κ1) is 18.1. The van der Waals surface area contributed by atoms with Crippen LogP contribution in [0.5, 0.6) is 11.5 Å². The first-order valence-corrected chi connectivity index (χ1v) is 9.33. The maximum Gasteiger partial charge on any atom is 0.254 e. The number of rotatable bonds is 5. The highest BCUT2D eigenvalue weighted by Gasteiger charge is 2.31. The summed E-state index contributed by atoms with van der Waals surface area (Å²) in [5.41, 5.74) is 3.59. The quantitative estimate of drug-likeness (QED) is 0.728. The number of likely N-dealkylation sites (tertiary alicyclic amines) is 1. The van der Waals surface area contributed by atoms with Crippen molar-refractivity contribution in [2.75, 3.05) is 20.8 Å². The Labute approximate surface area is 164 Å². The van der Waals surface area contributed by atoms with Crippen LogP contribution in [0.4, 0.5) is 0 Å². The van der Waals surface area contributed by atoms with Gasteiger partial charge in [-0.05, 0) is 48.7 Å². The Morgan fingerprint density at radius 1 is 1.14 bits per heavy atom. The van der Waals surface area contributed by atoms with Crippen molar-refractivity contribution in [3.05, 3.63) is 66.0 Å². The molecule has 0 spiro atoms. The van der Waals surface area contributed by atoms with Crippen LogP contribution < -0.4 is 9.47 Å². The van der Waals surface area contributed by atoms with Gasteiger partial charge >= 0.3 is 0 Å². The summed E-state index contributed by atoms with van der Waals surface area (Å²) in [5, 5.41) is 6.79. The van der Waals surface area contributed by atoms with E-state index >= 15 is 0 Å². The van der Waals surface area contributed by atoms with Gasteiger partial charge in [0.2, 0.25) is 0 Å². The molecule has 28 heavy (non-hydrogen) atoms. The number of nitrogens with one attached hydrogen (secondary N) is 1. The first-order chi connectivity index (χ1) is 13.7. The zero-order valence-corrected chi connectivity index (χ0v) is 16.0. The number of aromatic amines is 1. The van der Waals surface area contributed by atoms with E-state index in [4.69, 9.17) is 9.47 Å². The van der Waals surface area contributed by atoms with Crippen molar-refractivity contribution >= 4 is 5.91 Å². The van der Waals surface area contributed by atoms with Crippen LogP contribution in [0.2, 0.25) is 0 Å². The molecule has 1 unspecified atom stereocenters. The molecule has 1 N–H and O–H groups in total. The molecule has 2 heterocycles. The molecule has 0 saturated carbocycles. The Morgan fingerprint density at radius 2 is 1.96 bits per heavy atom. The summed E-state index contributed by atoms with van der Waals surface area (Å²) in [6, 6.07) is 13.6. The zero-order valence-electron chi connectivity index (χ0n) is 16.0. The Bertz CT molecular complexity index is 952. The number of aromatic nitrogens is 2. The van der Waals surface area contributed by atoms with Crippen molar-refractivity contribution < 1.29 is 14.3 Å². The molecule has 1 aromatic heterocycles. The van der Waals surface area contributed by atoms with Crippen LogP contribution in [-0.4, -0.2) is 41.8 Å². The van der Waals surface area contributed by atoms with Gasteiger partial charge in [-0.25, -0.2) is 0 Å². The van der Waals surface area contributed by atoms with E-state index in [0.717, 1.165) is 41.8 Å². The van der Waals surface area contributed by atoms with E-state index in [0.29, 0.717) is 11.3 Å². The average Bonchev–Trinajstić information content (AvgIpc) is 3.45. The molecule has 1 amide bonds. The van der Waals surface area contributed by atoms with Crippen molar-refractivity contribution in [1.82, 2.24) is 15.1 Å². The smallest absolute Gasteiger partial charge is 0.254 e. The highest BCUT2D eigenvalue weighted by Crippen LogP contribution is 2.36. The summed E-state index contributed by atoms with van der Waals surface area (Å²) in [6.07, 6.45) is 5.49. The van der Waals surface area contributed by atoms with Crippen LogP contribution in [0.1, 0.15) is 34.8 Å². The fourth-order valence-electron chi connectivity index (χ4n) is 3.81. The fourth-order valence-corrected chi connectivity index (χ4v) is 3.81. The lowest BCUT2D eigenvalue weighted by molar-refractivity contribution is 0.0735. The molecule has 2 aromatic carbocycles. The number of ether oxygens (including phenoxy) is 2. The van der Waals surface area contributed by atoms with Gasteiger partial charge in [-0.15, -0.1) is 0 Å². The molecule has 1 aliphatic heterocycles. The van der Waals surface area contributed by atoms with Crippen LogP contribution in [0.3, 0.4) is 0 Å². The van der Waals surface area contributed by atoms with E-state index in [-0.39, 0.29) is 11.9 Å². The Hall–Kier alpha value is -3.28. The molecule has 1 fully saturated rings. The first-order valence-electron chi connectivity index (χ1n) is 9.33. The molecular weight excluding hydrogens is 354 g/mol. The van der Waals surface area contributed by atoms with Gasteiger partial charge in [0.25, 0.3) is 5.91 Å². The third kappa shape index (κ3) is 3.33. The highest BCUT2D eigenvalue weighted by molar-refractivity contribution is 5.96. The molecule has 1 atom stereocenters. The predicted molar refractivity (Wildman–Crippen MR) is 107 cm³/mol. The second kappa shape index (κ2) is 7.76. The summed E-state index contributed by atoms with van der Waals surface area (Å²) in [5.74, 6) is 1.50. The summed E-state index contributed by atoms with van der Waals surface area (Å²) in [6.45, 7) is 0.751. The summed E-state index contributed by atoms with van der Waals surface area (Å²) in [4.78, 5) is 15.2. The third-order valence-electron chi connectivity index (χ3n) is 5.27. The highest BCUT2D eigenvalue weighted by atomic mass is 16.5. The number of benzene rings is 2. The normalized spacial score (nSPS) is 16.2. The van der Waals surface area contributed by atoms with Crippen LogP contribution in [0.25, 0.3) is 11.1 Å². The van der Waals surface area contributed by atoms with Crippen LogP contribution in [-0.2, 0) is 0 Å². The minimum Gasteiger partial charge on any atom is -0.497 e. The Kier molecular flexibility index (Phi) is 5.02. The molecule has 6 nitrogen and oxygen atoms in total. The van der Waals surface area contributed by atoms with Crippen molar-refractivity contribution in [1.29, 1.82) is 0 Å². The Balaban J connectivity index is 1.61. The van der Waals surface area contributed by atoms with Crippen molar-refractivity contribution in [2.45, 2.75) is 18.9 Å². The largest absolute Gasteiger partial charge is 0.497 e. The molecule has 0 bridgehead atoms. The molecule has 0 aliphatic carbocycles. The second-order valence-electron chi connectivity index (χ2n) is 6.83. The van der Waals surface area contributed by atoms with Crippen molar-refractivity contribution in [2.24, 2.45) is 0 Å². The minimum atomic E-state index is 0.0235. The predicted octanol–water partition coefficient (Wildman–Crippen LogP) is 4.07. The average molecular weight is 377 g/mol. The van der Waals surface area contributed by atoms with Gasteiger partial charge in [0.05, 0.1) is 26.5 Å². The van der Waals surface area contributed by atoms with E-state index in [9.17, 15) is 4.79 Å². The molecule has 4 rings (SSSR count). The van der Waals surface area contributed by atoms with E-state index in [1.54, 1.807) is 26.6 Å². The van der Waals surface area contributed by atoms with Gasteiger partial charge in [-0.2, -0.15) is 5.10 Å². The van der Waals surface area contributed by atoms with Gasteiger partial charge in [-0.1, -0.05) is 12.1 Å². The number of amides is 1. The lowest BCUT2D eigenvalue weighted by atomic mass is 10.0. The van der Waals surface area contributed by atoms with Gasteiger partial charge < -0.3 is 14.4 Å². The number of carbonyl (C=O) groups excluding carboxylic acids is 1. The summed E-state index contributed by atoms with van der Waals surface area (Å²) >= 11 is 0. The third-order valence-corrected chi connectivity index (χ3v) is 5.27. The monoisotopic (exact) mass is 377 g/mol. The topological polar surface area (TPSA) is 67.5 Å². The second-order valence-corrected chi connectivity index (χ2v) is 6.83. The molecule has 0 radical (unpaired) electrons. The molecule has 1 aliphatic rings. The van der Waals surface area contributed by atoms with E-state index in [1.165, 1.54) is 0 Å². The number of hydrogen-bond acceptors (Lipinski definition) is 4. The van der Waals surface area contributed by atoms with Crippen molar-refractivity contribution in [3.8, 4) is 22.6 Å². The maximum atomic E-state index is 13.2. The van der Waals surface area contributed by atoms with Gasteiger partial charge in [0, 0.05) is 29.4 Å². The van der Waals surface area contributed by atoms with Gasteiger partial charge in [0.15, 0.2) is 0 Å². The lowest BCUT2D eigenvalue weighted by Crippen LogP contribution is -2.30. The number of nitrogens with zero attached hydrogens (tertiary/aromatic N) is 2. The fraction of sp³-hybridized carbons (Fsp3) is 0.273. The number of carbonyl (C=O) groups is 1. The van der Waals surface area contributed by atoms with Crippen LogP contribution in [0.15, 0.2) is 54.9 Å². The van der Waals surface area contributed by atoms with E-state index in [2.05, 4.69) is 10.2 Å².